The van der Waals surface area contributed by atoms with Crippen molar-refractivity contribution in [2.75, 3.05) is 0 Å². The summed E-state index contributed by atoms with van der Waals surface area (Å²) >= 11 is 0. The monoisotopic (exact) mass is 368 g/mol. The lowest BCUT2D eigenvalue weighted by atomic mass is 10.1. The number of hydrogen-bond donors (Lipinski definition) is 1. The van der Waals surface area contributed by atoms with Crippen LogP contribution in [0, 0.1) is 12.7 Å². The topological polar surface area (TPSA) is 73.0 Å². The third kappa shape index (κ3) is 4.13. The first-order valence-corrected chi connectivity index (χ1v) is 8.60. The maximum atomic E-state index is 13.2. The smallest absolute Gasteiger partial charge is 0.269 e. The molecule has 0 aliphatic rings. The van der Waals surface area contributed by atoms with E-state index in [0.29, 0.717) is 22.8 Å². The van der Waals surface area contributed by atoms with Crippen LogP contribution in [0.2, 0.25) is 0 Å². The molecule has 2 heterocycles. The van der Waals surface area contributed by atoms with Crippen LogP contribution in [0.15, 0.2) is 34.9 Å². The molecule has 0 bridgehead atoms. The van der Waals surface area contributed by atoms with Crippen LogP contribution >= 0.6 is 0 Å². The van der Waals surface area contributed by atoms with Crippen LogP contribution in [0.5, 0.6) is 0 Å². The van der Waals surface area contributed by atoms with Crippen LogP contribution in [0.1, 0.15) is 41.4 Å². The minimum atomic E-state index is -0.309. The normalized spacial score (nSPS) is 11.5. The molecule has 3 aromatic rings. The lowest BCUT2D eigenvalue weighted by Gasteiger charge is -2.07. The summed E-state index contributed by atoms with van der Waals surface area (Å²) in [6.45, 7) is 5.61. The fraction of sp³-hybridized carbons (Fsp3) is 0.250. The average molecular weight is 368 g/mol. The number of hydrogen-bond acceptors (Lipinski definition) is 4. The SMILES string of the molecule is Cc1onc(-c2ccc(F)cc2)c1C=Cc1cc(C(=O)NC(C)C)n(C)n1. The van der Waals surface area contributed by atoms with E-state index in [-0.39, 0.29) is 17.8 Å². The molecule has 27 heavy (non-hydrogen) atoms. The molecule has 6 nitrogen and oxygen atoms in total. The van der Waals surface area contributed by atoms with Gasteiger partial charge in [-0.2, -0.15) is 5.10 Å². The number of carbonyl (C=O) groups is 1. The Morgan fingerprint density at radius 1 is 1.26 bits per heavy atom. The Bertz CT molecular complexity index is 984. The summed E-state index contributed by atoms with van der Waals surface area (Å²) in [7, 11) is 1.72. The Kier molecular flexibility index (Phi) is 5.21. The first-order chi connectivity index (χ1) is 12.8. The van der Waals surface area contributed by atoms with E-state index >= 15 is 0 Å². The molecule has 0 atom stereocenters. The molecule has 0 fully saturated rings. The number of carbonyl (C=O) groups excluding carboxylic acids is 1. The van der Waals surface area contributed by atoms with E-state index in [0.717, 1.165) is 11.1 Å². The fourth-order valence-electron chi connectivity index (χ4n) is 2.68. The third-order valence-corrected chi connectivity index (χ3v) is 4.00. The van der Waals surface area contributed by atoms with E-state index < -0.39 is 0 Å². The summed E-state index contributed by atoms with van der Waals surface area (Å²) in [5, 5.41) is 11.3. The Morgan fingerprint density at radius 3 is 2.63 bits per heavy atom. The Morgan fingerprint density at radius 2 is 1.96 bits per heavy atom. The molecule has 0 aliphatic carbocycles. The highest BCUT2D eigenvalue weighted by Crippen LogP contribution is 2.27. The second-order valence-electron chi connectivity index (χ2n) is 6.55. The number of nitrogens with zero attached hydrogens (tertiary/aromatic N) is 3. The van der Waals surface area contributed by atoms with Crippen LogP contribution < -0.4 is 5.32 Å². The zero-order valence-corrected chi connectivity index (χ0v) is 15.7. The molecular formula is C20H21FN4O2. The number of amides is 1. The summed E-state index contributed by atoms with van der Waals surface area (Å²) < 4.78 is 20.0. The average Bonchev–Trinajstić information content (AvgIpc) is 3.16. The Hall–Kier alpha value is -3.22. The Labute approximate surface area is 156 Å². The molecule has 0 aliphatic heterocycles. The van der Waals surface area contributed by atoms with E-state index in [1.807, 2.05) is 19.9 Å². The van der Waals surface area contributed by atoms with Gasteiger partial charge < -0.3 is 9.84 Å². The first-order valence-electron chi connectivity index (χ1n) is 8.60. The highest BCUT2D eigenvalue weighted by atomic mass is 19.1. The van der Waals surface area contributed by atoms with Crippen molar-refractivity contribution in [2.45, 2.75) is 26.8 Å². The summed E-state index contributed by atoms with van der Waals surface area (Å²) in [6, 6.07) is 7.83. The zero-order chi connectivity index (χ0) is 19.6. The predicted octanol–water partition coefficient (Wildman–Crippen LogP) is 3.83. The molecule has 140 valence electrons. The standard InChI is InChI=1S/C20H21FN4O2/c1-12(2)22-20(26)18-11-16(23-25(18)4)9-10-17-13(3)27-24-19(17)14-5-7-15(21)8-6-14/h5-12H,1-4H3,(H,22,26). The van der Waals surface area contributed by atoms with Crippen molar-refractivity contribution in [3.63, 3.8) is 0 Å². The van der Waals surface area contributed by atoms with Crippen molar-refractivity contribution >= 4 is 18.1 Å². The molecule has 0 spiro atoms. The molecule has 3 rings (SSSR count). The number of halogens is 1. The number of nitrogens with one attached hydrogen (secondary N) is 1. The molecule has 0 saturated heterocycles. The van der Waals surface area contributed by atoms with E-state index in [2.05, 4.69) is 15.6 Å². The van der Waals surface area contributed by atoms with Crippen LogP contribution in [0.25, 0.3) is 23.4 Å². The summed E-state index contributed by atoms with van der Waals surface area (Å²) in [5.41, 5.74) is 3.27. The van der Waals surface area contributed by atoms with Gasteiger partial charge in [-0.05, 0) is 63.3 Å². The van der Waals surface area contributed by atoms with Gasteiger partial charge in [0.05, 0.1) is 5.69 Å². The summed E-state index contributed by atoms with van der Waals surface area (Å²) in [5.74, 6) is 0.156. The van der Waals surface area contributed by atoms with Gasteiger partial charge in [-0.1, -0.05) is 5.16 Å². The minimum absolute atomic E-state index is 0.0457. The van der Waals surface area contributed by atoms with Crippen LogP contribution in [-0.2, 0) is 7.05 Å². The van der Waals surface area contributed by atoms with Crippen molar-refractivity contribution in [1.82, 2.24) is 20.3 Å². The Balaban J connectivity index is 1.88. The van der Waals surface area contributed by atoms with Crippen molar-refractivity contribution in [3.8, 4) is 11.3 Å². The van der Waals surface area contributed by atoms with Gasteiger partial charge in [0.2, 0.25) is 0 Å². The predicted molar refractivity (Wildman–Crippen MR) is 101 cm³/mol. The number of aryl methyl sites for hydroxylation is 2. The molecule has 2 aromatic heterocycles. The highest BCUT2D eigenvalue weighted by molar-refractivity contribution is 5.93. The van der Waals surface area contributed by atoms with Crippen molar-refractivity contribution in [3.05, 3.63) is 58.9 Å². The van der Waals surface area contributed by atoms with Gasteiger partial charge in [-0.3, -0.25) is 9.48 Å². The van der Waals surface area contributed by atoms with E-state index in [1.54, 1.807) is 42.9 Å². The van der Waals surface area contributed by atoms with Crippen molar-refractivity contribution in [2.24, 2.45) is 7.05 Å². The van der Waals surface area contributed by atoms with Gasteiger partial charge in [0.15, 0.2) is 0 Å². The molecular weight excluding hydrogens is 347 g/mol. The van der Waals surface area contributed by atoms with E-state index in [1.165, 1.54) is 12.1 Å². The molecule has 0 unspecified atom stereocenters. The van der Waals surface area contributed by atoms with Gasteiger partial charge in [-0.25, -0.2) is 4.39 Å². The van der Waals surface area contributed by atoms with E-state index in [4.69, 9.17) is 4.52 Å². The highest BCUT2D eigenvalue weighted by Gasteiger charge is 2.15. The molecule has 0 saturated carbocycles. The number of aromatic nitrogens is 3. The zero-order valence-electron chi connectivity index (χ0n) is 15.7. The number of rotatable bonds is 5. The van der Waals surface area contributed by atoms with E-state index in [9.17, 15) is 9.18 Å². The van der Waals surface area contributed by atoms with Gasteiger partial charge in [0, 0.05) is 24.2 Å². The maximum absolute atomic E-state index is 13.2. The molecule has 7 heteroatoms. The first kappa shape index (κ1) is 18.6. The molecule has 0 radical (unpaired) electrons. The second kappa shape index (κ2) is 7.57. The van der Waals surface area contributed by atoms with Gasteiger partial charge in [0.25, 0.3) is 5.91 Å². The van der Waals surface area contributed by atoms with Gasteiger partial charge in [-0.15, -0.1) is 0 Å². The number of benzene rings is 1. The minimum Gasteiger partial charge on any atom is -0.360 e. The molecule has 1 aromatic carbocycles. The van der Waals surface area contributed by atoms with Crippen molar-refractivity contribution in [1.29, 1.82) is 0 Å². The second-order valence-corrected chi connectivity index (χ2v) is 6.55. The van der Waals surface area contributed by atoms with Crippen molar-refractivity contribution < 1.29 is 13.7 Å². The fourth-order valence-corrected chi connectivity index (χ4v) is 2.68. The largest absolute Gasteiger partial charge is 0.360 e. The van der Waals surface area contributed by atoms with Crippen LogP contribution in [0.4, 0.5) is 4.39 Å². The molecule has 1 amide bonds. The maximum Gasteiger partial charge on any atom is 0.269 e. The van der Waals surface area contributed by atoms with Crippen LogP contribution in [-0.4, -0.2) is 26.9 Å². The summed E-state index contributed by atoms with van der Waals surface area (Å²) in [6.07, 6.45) is 3.62. The third-order valence-electron chi connectivity index (χ3n) is 4.00. The van der Waals surface area contributed by atoms with Gasteiger partial charge >= 0.3 is 0 Å². The quantitative estimate of drug-likeness (QED) is 0.743. The molecule has 1 N–H and O–H groups in total. The lowest BCUT2D eigenvalue weighted by molar-refractivity contribution is 0.0933. The van der Waals surface area contributed by atoms with Gasteiger partial charge in [0.1, 0.15) is 23.0 Å². The van der Waals surface area contributed by atoms with Crippen LogP contribution in [0.3, 0.4) is 0 Å². The summed E-state index contributed by atoms with van der Waals surface area (Å²) in [4.78, 5) is 12.2. The lowest BCUT2D eigenvalue weighted by Crippen LogP contribution is -2.31.